The van der Waals surface area contributed by atoms with Gasteiger partial charge in [-0.2, -0.15) is 0 Å². The molecule has 0 radical (unpaired) electrons. The average molecular weight is 422 g/mol. The lowest BCUT2D eigenvalue weighted by molar-refractivity contribution is -0.146. The second kappa shape index (κ2) is 10.3. The van der Waals surface area contributed by atoms with Crippen LogP contribution in [0.25, 0.3) is 0 Å². The molecule has 1 aromatic heterocycles. The molecule has 166 valence electrons. The normalized spacial score (nSPS) is 20.4. The van der Waals surface area contributed by atoms with Gasteiger partial charge in [-0.25, -0.2) is 0 Å². The molecule has 0 atom stereocenters. The summed E-state index contributed by atoms with van der Waals surface area (Å²) in [5.74, 6) is 1.31. The topological polar surface area (TPSA) is 45.7 Å². The lowest BCUT2D eigenvalue weighted by atomic mass is 9.73. The van der Waals surface area contributed by atoms with Crippen LogP contribution in [0, 0.1) is 5.41 Å². The predicted molar refractivity (Wildman–Crippen MR) is 123 cm³/mol. The van der Waals surface area contributed by atoms with Crippen LogP contribution in [0.4, 0.5) is 0 Å². The molecule has 1 fully saturated rings. The van der Waals surface area contributed by atoms with E-state index in [4.69, 9.17) is 4.74 Å². The zero-order valence-electron chi connectivity index (χ0n) is 18.8. The van der Waals surface area contributed by atoms with Crippen molar-refractivity contribution in [1.82, 2.24) is 14.8 Å². The molecule has 5 heteroatoms. The summed E-state index contributed by atoms with van der Waals surface area (Å²) in [5.41, 5.74) is 2.17. The van der Waals surface area contributed by atoms with Crippen LogP contribution in [0.15, 0.2) is 48.7 Å². The number of likely N-dealkylation sites (N-methyl/N-ethyl adjacent to an activating group) is 1. The van der Waals surface area contributed by atoms with E-state index in [1.54, 1.807) is 0 Å². The molecule has 1 aromatic carbocycles. The average Bonchev–Trinajstić information content (AvgIpc) is 2.81. The van der Waals surface area contributed by atoms with Crippen LogP contribution in [0.3, 0.4) is 0 Å². The Hall–Kier alpha value is -2.40. The Bertz CT molecular complexity index is 847. The number of para-hydroxylation sites is 1. The minimum atomic E-state index is -0.227. The highest BCUT2D eigenvalue weighted by Gasteiger charge is 2.42. The first kappa shape index (κ1) is 21.8. The summed E-state index contributed by atoms with van der Waals surface area (Å²) in [7, 11) is 0. The molecule has 0 unspecified atom stereocenters. The van der Waals surface area contributed by atoms with Crippen LogP contribution in [-0.4, -0.2) is 53.5 Å². The molecule has 3 heterocycles. The first-order valence-electron chi connectivity index (χ1n) is 11.8. The highest BCUT2D eigenvalue weighted by atomic mass is 16.5. The number of aromatic nitrogens is 1. The Morgan fingerprint density at radius 2 is 1.81 bits per heavy atom. The molecule has 1 amide bonds. The van der Waals surface area contributed by atoms with Gasteiger partial charge < -0.3 is 9.64 Å². The number of likely N-dealkylation sites (tertiary alicyclic amines) is 1. The fraction of sp³-hybridized carbons (Fsp3) is 0.538. The summed E-state index contributed by atoms with van der Waals surface area (Å²) in [4.78, 5) is 22.7. The van der Waals surface area contributed by atoms with E-state index in [0.29, 0.717) is 19.1 Å². The Kier molecular flexibility index (Phi) is 7.23. The molecule has 4 rings (SSSR count). The number of hydrogen-bond donors (Lipinski definition) is 0. The molecule has 31 heavy (non-hydrogen) atoms. The fourth-order valence-corrected chi connectivity index (χ4v) is 5.07. The van der Waals surface area contributed by atoms with Gasteiger partial charge >= 0.3 is 0 Å². The maximum atomic E-state index is 13.7. The van der Waals surface area contributed by atoms with Crippen molar-refractivity contribution in [2.24, 2.45) is 5.41 Å². The minimum absolute atomic E-state index is 0.227. The van der Waals surface area contributed by atoms with Crippen molar-refractivity contribution >= 4 is 5.91 Å². The smallest absolute Gasteiger partial charge is 0.228 e. The highest BCUT2D eigenvalue weighted by Crippen LogP contribution is 2.39. The number of aryl methyl sites for hydroxylation is 1. The van der Waals surface area contributed by atoms with Crippen molar-refractivity contribution in [3.8, 4) is 5.75 Å². The van der Waals surface area contributed by atoms with Gasteiger partial charge in [-0.05, 0) is 75.9 Å². The van der Waals surface area contributed by atoms with Crippen LogP contribution in [0.2, 0.25) is 0 Å². The van der Waals surface area contributed by atoms with Crippen LogP contribution >= 0.6 is 0 Å². The number of rotatable bonds is 3. The van der Waals surface area contributed by atoms with Gasteiger partial charge in [-0.15, -0.1) is 0 Å². The maximum absolute atomic E-state index is 13.7. The standard InChI is InChI=1S/C26H35N3O2/c1-2-29-19-20-31-24-12-4-3-9-22(24)10-5-7-13-26(25(29)30)14-17-28(18-15-26)21-23-11-6-8-16-27-23/h3-4,6,8-9,11-12,16H,2,5,7,10,13-15,17-21H2,1H3. The Balaban J connectivity index is 1.45. The Morgan fingerprint density at radius 1 is 1.00 bits per heavy atom. The van der Waals surface area contributed by atoms with E-state index >= 15 is 0 Å². The second-order valence-electron chi connectivity index (χ2n) is 8.93. The van der Waals surface area contributed by atoms with Gasteiger partial charge in [0.1, 0.15) is 12.4 Å². The van der Waals surface area contributed by atoms with Crippen molar-refractivity contribution in [1.29, 1.82) is 0 Å². The van der Waals surface area contributed by atoms with E-state index in [0.717, 1.165) is 76.1 Å². The number of hydrogen-bond acceptors (Lipinski definition) is 4. The number of ether oxygens (including phenoxy) is 1. The van der Waals surface area contributed by atoms with Gasteiger partial charge in [-0.1, -0.05) is 30.7 Å². The number of benzene rings is 1. The number of carbonyl (C=O) groups excluding carboxylic acids is 1. The first-order valence-corrected chi connectivity index (χ1v) is 11.8. The van der Waals surface area contributed by atoms with Gasteiger partial charge in [-0.3, -0.25) is 14.7 Å². The third-order valence-corrected chi connectivity index (χ3v) is 6.99. The molecular formula is C26H35N3O2. The molecule has 0 N–H and O–H groups in total. The summed E-state index contributed by atoms with van der Waals surface area (Å²) in [6.07, 6.45) is 7.92. The molecule has 2 aliphatic rings. The third kappa shape index (κ3) is 5.27. The number of amides is 1. The van der Waals surface area contributed by atoms with Crippen molar-refractivity contribution in [3.05, 3.63) is 59.9 Å². The third-order valence-electron chi connectivity index (χ3n) is 6.99. The molecule has 0 aliphatic carbocycles. The van der Waals surface area contributed by atoms with Crippen molar-refractivity contribution < 1.29 is 9.53 Å². The van der Waals surface area contributed by atoms with E-state index in [1.807, 2.05) is 29.3 Å². The molecule has 5 nitrogen and oxygen atoms in total. The lowest BCUT2D eigenvalue weighted by Crippen LogP contribution is -2.51. The van der Waals surface area contributed by atoms with Gasteiger partial charge in [0.25, 0.3) is 0 Å². The molecule has 1 saturated heterocycles. The predicted octanol–water partition coefficient (Wildman–Crippen LogP) is 4.32. The largest absolute Gasteiger partial charge is 0.491 e. The van der Waals surface area contributed by atoms with Crippen LogP contribution in [-0.2, 0) is 17.8 Å². The number of carbonyl (C=O) groups is 1. The summed E-state index contributed by atoms with van der Waals surface area (Å²) in [6, 6.07) is 14.4. The zero-order valence-corrected chi connectivity index (χ0v) is 18.8. The highest BCUT2D eigenvalue weighted by molar-refractivity contribution is 5.83. The summed E-state index contributed by atoms with van der Waals surface area (Å²) < 4.78 is 6.09. The molecule has 2 aromatic rings. The van der Waals surface area contributed by atoms with E-state index in [2.05, 4.69) is 41.1 Å². The van der Waals surface area contributed by atoms with E-state index in [9.17, 15) is 4.79 Å². The van der Waals surface area contributed by atoms with Gasteiger partial charge in [0, 0.05) is 19.3 Å². The van der Waals surface area contributed by atoms with Crippen LogP contribution in [0.5, 0.6) is 5.75 Å². The number of nitrogens with zero attached hydrogens (tertiary/aromatic N) is 3. The minimum Gasteiger partial charge on any atom is -0.491 e. The molecule has 2 aliphatic heterocycles. The SMILES string of the molecule is CCN1CCOc2ccccc2CCCCC2(CCN(Cc3ccccn3)CC2)C1=O. The Morgan fingerprint density at radius 3 is 2.58 bits per heavy atom. The maximum Gasteiger partial charge on any atom is 0.228 e. The summed E-state index contributed by atoms with van der Waals surface area (Å²) in [6.45, 7) is 6.82. The van der Waals surface area contributed by atoms with Gasteiger partial charge in [0.2, 0.25) is 5.91 Å². The van der Waals surface area contributed by atoms with Crippen molar-refractivity contribution in [2.75, 3.05) is 32.8 Å². The molecular weight excluding hydrogens is 386 g/mol. The zero-order chi connectivity index (χ0) is 21.5. The first-order chi connectivity index (χ1) is 15.2. The molecule has 0 bridgehead atoms. The van der Waals surface area contributed by atoms with Crippen molar-refractivity contribution in [3.63, 3.8) is 0 Å². The second-order valence-corrected chi connectivity index (χ2v) is 8.93. The van der Waals surface area contributed by atoms with E-state index in [-0.39, 0.29) is 5.41 Å². The number of pyridine rings is 1. The quantitative estimate of drug-likeness (QED) is 0.741. The number of fused-ring (bicyclic) bond motifs is 1. The van der Waals surface area contributed by atoms with Crippen molar-refractivity contribution in [2.45, 2.75) is 52.0 Å². The monoisotopic (exact) mass is 421 g/mol. The fourth-order valence-electron chi connectivity index (χ4n) is 5.07. The van der Waals surface area contributed by atoms with Crippen LogP contribution in [0.1, 0.15) is 50.3 Å². The molecule has 1 spiro atoms. The van der Waals surface area contributed by atoms with E-state index < -0.39 is 0 Å². The summed E-state index contributed by atoms with van der Waals surface area (Å²) >= 11 is 0. The molecule has 0 saturated carbocycles. The number of piperidine rings is 1. The van der Waals surface area contributed by atoms with E-state index in [1.165, 1.54) is 5.56 Å². The van der Waals surface area contributed by atoms with Crippen LogP contribution < -0.4 is 4.74 Å². The van der Waals surface area contributed by atoms with Gasteiger partial charge in [0.15, 0.2) is 0 Å². The Labute approximate surface area is 186 Å². The van der Waals surface area contributed by atoms with Gasteiger partial charge in [0.05, 0.1) is 17.7 Å². The lowest BCUT2D eigenvalue weighted by Gasteiger charge is -2.43. The summed E-state index contributed by atoms with van der Waals surface area (Å²) in [5, 5.41) is 0.